The van der Waals surface area contributed by atoms with Crippen molar-refractivity contribution in [1.29, 1.82) is 0 Å². The number of benzene rings is 5. The molecule has 1 aliphatic rings. The van der Waals surface area contributed by atoms with Gasteiger partial charge in [0, 0.05) is 45.2 Å². The van der Waals surface area contributed by atoms with Crippen LogP contribution in [0.25, 0.3) is 71.7 Å². The Hall–Kier alpha value is -5.15. The van der Waals surface area contributed by atoms with Gasteiger partial charge in [0.2, 0.25) is 0 Å². The summed E-state index contributed by atoms with van der Waals surface area (Å²) in [4.78, 5) is 4.20. The average Bonchev–Trinajstić information content (AvgIpc) is 3.64. The largest absolute Gasteiger partial charge is 0.455 e. The molecule has 9 rings (SSSR count). The highest BCUT2D eigenvalue weighted by molar-refractivity contribution is 6.25. The molecule has 3 nitrogen and oxygen atoms in total. The lowest BCUT2D eigenvalue weighted by Gasteiger charge is -2.21. The molecule has 3 aromatic heterocycles. The van der Waals surface area contributed by atoms with Gasteiger partial charge in [-0.1, -0.05) is 80.6 Å². The van der Waals surface area contributed by atoms with Gasteiger partial charge in [0.25, 0.3) is 0 Å². The molecule has 0 saturated heterocycles. The Balaban J connectivity index is 1.37. The van der Waals surface area contributed by atoms with E-state index in [2.05, 4.69) is 133 Å². The minimum absolute atomic E-state index is 0.0652. The van der Waals surface area contributed by atoms with Gasteiger partial charge in [0.1, 0.15) is 11.2 Å². The summed E-state index contributed by atoms with van der Waals surface area (Å²) in [5, 5.41) is 4.68. The van der Waals surface area contributed by atoms with Gasteiger partial charge in [-0.05, 0) is 70.3 Å². The third-order valence-electron chi connectivity index (χ3n) is 9.10. The number of rotatable bonds is 2. The zero-order valence-electron chi connectivity index (χ0n) is 22.8. The van der Waals surface area contributed by atoms with Crippen LogP contribution >= 0.6 is 0 Å². The topological polar surface area (TPSA) is 31.0 Å². The maximum Gasteiger partial charge on any atom is 0.145 e. The molecule has 1 aliphatic carbocycles. The van der Waals surface area contributed by atoms with E-state index >= 15 is 0 Å². The summed E-state index contributed by atoms with van der Waals surface area (Å²) in [7, 11) is 0. The zero-order valence-corrected chi connectivity index (χ0v) is 22.8. The number of pyridine rings is 1. The molecule has 0 amide bonds. The molecule has 0 bridgehead atoms. The van der Waals surface area contributed by atoms with Crippen LogP contribution in [-0.2, 0) is 5.41 Å². The average molecular weight is 527 g/mol. The van der Waals surface area contributed by atoms with Crippen molar-refractivity contribution in [2.24, 2.45) is 0 Å². The van der Waals surface area contributed by atoms with Gasteiger partial charge >= 0.3 is 0 Å². The molecule has 5 aromatic carbocycles. The predicted molar refractivity (Wildman–Crippen MR) is 169 cm³/mol. The van der Waals surface area contributed by atoms with Gasteiger partial charge in [-0.15, -0.1) is 0 Å². The van der Waals surface area contributed by atoms with Crippen LogP contribution in [0, 0.1) is 0 Å². The number of fused-ring (bicyclic) bond motifs is 11. The molecule has 8 aromatic rings. The maximum atomic E-state index is 6.99. The fourth-order valence-electron chi connectivity index (χ4n) is 7.18. The summed E-state index contributed by atoms with van der Waals surface area (Å²) < 4.78 is 9.35. The fraction of sp³-hybridized carbons (Fsp3) is 0.0789. The third kappa shape index (κ3) is 2.95. The van der Waals surface area contributed by atoms with Gasteiger partial charge in [-0.25, -0.2) is 0 Å². The van der Waals surface area contributed by atoms with E-state index in [1.807, 2.05) is 12.4 Å². The van der Waals surface area contributed by atoms with Crippen LogP contribution in [-0.4, -0.2) is 9.55 Å². The monoisotopic (exact) mass is 526 g/mol. The molecule has 3 heteroatoms. The molecule has 0 saturated carbocycles. The summed E-state index contributed by atoms with van der Waals surface area (Å²) in [6, 6.07) is 39.4. The fourth-order valence-corrected chi connectivity index (χ4v) is 7.18. The Labute approximate surface area is 237 Å². The summed E-state index contributed by atoms with van der Waals surface area (Å²) in [5.74, 6) is 0. The summed E-state index contributed by atoms with van der Waals surface area (Å²) in [6.45, 7) is 4.64. The minimum Gasteiger partial charge on any atom is -0.455 e. The highest BCUT2D eigenvalue weighted by atomic mass is 16.3. The predicted octanol–water partition coefficient (Wildman–Crippen LogP) is 10.1. The lowest BCUT2D eigenvalue weighted by molar-refractivity contribution is 0.654. The normalized spacial score (nSPS) is 13.8. The van der Waals surface area contributed by atoms with Gasteiger partial charge < -0.3 is 8.98 Å². The molecule has 3 heterocycles. The standard InChI is InChI=1S/C38H26N2O/c1-38(2)30-12-5-3-10-28(30)34-31(38)16-14-26-27-15-17-33-35(37(27)41-36(26)34)29-11-4-6-13-32(29)40(33)25-9-7-8-24(22-25)23-18-20-39-21-19-23/h3-22H,1-2H3. The Kier molecular flexibility index (Phi) is 4.39. The molecule has 0 spiro atoms. The second-order valence-electron chi connectivity index (χ2n) is 11.6. The van der Waals surface area contributed by atoms with Crippen molar-refractivity contribution in [1.82, 2.24) is 9.55 Å². The molecule has 0 aliphatic heterocycles. The number of hydrogen-bond acceptors (Lipinski definition) is 2. The highest BCUT2D eigenvalue weighted by Gasteiger charge is 2.37. The molecule has 0 atom stereocenters. The maximum absolute atomic E-state index is 6.99. The highest BCUT2D eigenvalue weighted by Crippen LogP contribution is 2.53. The number of nitrogens with zero attached hydrogens (tertiary/aromatic N) is 2. The molecule has 194 valence electrons. The lowest BCUT2D eigenvalue weighted by atomic mass is 9.82. The van der Waals surface area contributed by atoms with Crippen molar-refractivity contribution in [2.75, 3.05) is 0 Å². The van der Waals surface area contributed by atoms with Crippen LogP contribution in [0.3, 0.4) is 0 Å². The Morgan fingerprint density at radius 2 is 1.39 bits per heavy atom. The summed E-state index contributed by atoms with van der Waals surface area (Å²) in [6.07, 6.45) is 3.69. The number of para-hydroxylation sites is 1. The number of hydrogen-bond donors (Lipinski definition) is 0. The van der Waals surface area contributed by atoms with Crippen LogP contribution in [0.4, 0.5) is 0 Å². The van der Waals surface area contributed by atoms with Crippen LogP contribution in [0.5, 0.6) is 0 Å². The molecule has 0 fully saturated rings. The van der Waals surface area contributed by atoms with Gasteiger partial charge in [-0.3, -0.25) is 4.98 Å². The number of furan rings is 1. The van der Waals surface area contributed by atoms with E-state index in [-0.39, 0.29) is 5.41 Å². The van der Waals surface area contributed by atoms with Gasteiger partial charge in [-0.2, -0.15) is 0 Å². The van der Waals surface area contributed by atoms with E-state index in [4.69, 9.17) is 4.42 Å². The van der Waals surface area contributed by atoms with E-state index < -0.39 is 0 Å². The smallest absolute Gasteiger partial charge is 0.145 e. The quantitative estimate of drug-likeness (QED) is 0.224. The molecular weight excluding hydrogens is 500 g/mol. The van der Waals surface area contributed by atoms with Crippen molar-refractivity contribution >= 4 is 43.7 Å². The first-order valence-electron chi connectivity index (χ1n) is 14.1. The molecule has 0 unspecified atom stereocenters. The van der Waals surface area contributed by atoms with Crippen LogP contribution in [0.1, 0.15) is 25.0 Å². The van der Waals surface area contributed by atoms with E-state index in [9.17, 15) is 0 Å². The summed E-state index contributed by atoms with van der Waals surface area (Å²) >= 11 is 0. The van der Waals surface area contributed by atoms with Gasteiger partial charge in [0.15, 0.2) is 0 Å². The van der Waals surface area contributed by atoms with Gasteiger partial charge in [0.05, 0.1) is 16.4 Å². The van der Waals surface area contributed by atoms with Crippen molar-refractivity contribution in [3.63, 3.8) is 0 Å². The molecular formula is C38H26N2O. The van der Waals surface area contributed by atoms with Crippen molar-refractivity contribution < 1.29 is 4.42 Å². The minimum atomic E-state index is -0.0652. The van der Waals surface area contributed by atoms with Crippen LogP contribution < -0.4 is 0 Å². The Bertz CT molecular complexity index is 2340. The second kappa shape index (κ2) is 7.96. The van der Waals surface area contributed by atoms with E-state index in [1.165, 1.54) is 38.5 Å². The van der Waals surface area contributed by atoms with Crippen molar-refractivity contribution in [3.05, 3.63) is 133 Å². The zero-order chi connectivity index (χ0) is 27.3. The van der Waals surface area contributed by atoms with E-state index in [0.717, 1.165) is 44.3 Å². The van der Waals surface area contributed by atoms with Crippen LogP contribution in [0.15, 0.2) is 126 Å². The Morgan fingerprint density at radius 1 is 0.610 bits per heavy atom. The molecule has 0 N–H and O–H groups in total. The van der Waals surface area contributed by atoms with E-state index in [1.54, 1.807) is 0 Å². The summed E-state index contributed by atoms with van der Waals surface area (Å²) in [5.41, 5.74) is 12.8. The SMILES string of the molecule is CC1(C)c2ccccc2-c2c1ccc1c2oc2c1ccc1c2c2ccccc2n1-c1cccc(-c2ccncc2)c1. The Morgan fingerprint density at radius 3 is 2.29 bits per heavy atom. The molecule has 0 radical (unpaired) electrons. The lowest BCUT2D eigenvalue weighted by Crippen LogP contribution is -2.14. The number of aromatic nitrogens is 2. The van der Waals surface area contributed by atoms with E-state index in [0.29, 0.717) is 0 Å². The first-order chi connectivity index (χ1) is 20.1. The van der Waals surface area contributed by atoms with Crippen molar-refractivity contribution in [2.45, 2.75) is 19.3 Å². The first kappa shape index (κ1) is 22.6. The first-order valence-corrected chi connectivity index (χ1v) is 14.1. The third-order valence-corrected chi connectivity index (χ3v) is 9.10. The second-order valence-corrected chi connectivity index (χ2v) is 11.6. The molecule has 41 heavy (non-hydrogen) atoms. The van der Waals surface area contributed by atoms with Crippen molar-refractivity contribution in [3.8, 4) is 27.9 Å². The van der Waals surface area contributed by atoms with Crippen LogP contribution in [0.2, 0.25) is 0 Å².